The summed E-state index contributed by atoms with van der Waals surface area (Å²) in [5.41, 5.74) is 0.516. The molecule has 0 fully saturated rings. The molecular weight excluding hydrogens is 361 g/mol. The summed E-state index contributed by atoms with van der Waals surface area (Å²) in [5, 5.41) is 2.88. The molecule has 0 bridgehead atoms. The van der Waals surface area contributed by atoms with Gasteiger partial charge in [0.2, 0.25) is 5.91 Å². The first kappa shape index (κ1) is 19.6. The van der Waals surface area contributed by atoms with E-state index in [1.54, 1.807) is 26.0 Å². The van der Waals surface area contributed by atoms with Gasteiger partial charge in [-0.05, 0) is 42.5 Å². The number of carbonyl (C=O) groups is 3. The molecule has 0 saturated heterocycles. The van der Waals surface area contributed by atoms with Gasteiger partial charge in [-0.25, -0.2) is 9.18 Å². The van der Waals surface area contributed by atoms with Crippen molar-refractivity contribution < 1.29 is 23.5 Å². The van der Waals surface area contributed by atoms with Crippen LogP contribution in [0.1, 0.15) is 34.6 Å². The minimum atomic E-state index is -0.973. The number of anilines is 1. The molecule has 1 amide bonds. The fourth-order valence-electron chi connectivity index (χ4n) is 1.97. The van der Waals surface area contributed by atoms with Crippen LogP contribution in [0.5, 0.6) is 0 Å². The zero-order valence-electron chi connectivity index (χ0n) is 14.2. The molecule has 0 heterocycles. The highest BCUT2D eigenvalue weighted by molar-refractivity contribution is 6.30. The second-order valence-corrected chi connectivity index (χ2v) is 6.28. The predicted octanol–water partition coefficient (Wildman–Crippen LogP) is 4.11. The highest BCUT2D eigenvalue weighted by atomic mass is 35.5. The number of esters is 1. The van der Waals surface area contributed by atoms with Crippen molar-refractivity contribution in [2.24, 2.45) is 5.92 Å². The summed E-state index contributed by atoms with van der Waals surface area (Å²) in [6.07, 6.45) is 0. The Balaban J connectivity index is 1.96. The largest absolute Gasteiger partial charge is 0.454 e. The monoisotopic (exact) mass is 377 g/mol. The Hall–Kier alpha value is -2.73. The third-order valence-corrected chi connectivity index (χ3v) is 3.72. The number of rotatable bonds is 6. The summed E-state index contributed by atoms with van der Waals surface area (Å²) < 4.78 is 18.4. The number of hydrogen-bond donors (Lipinski definition) is 1. The second kappa shape index (κ2) is 8.58. The van der Waals surface area contributed by atoms with Gasteiger partial charge in [0, 0.05) is 22.2 Å². The molecule has 7 heteroatoms. The van der Waals surface area contributed by atoms with E-state index in [2.05, 4.69) is 5.32 Å². The van der Waals surface area contributed by atoms with E-state index in [0.29, 0.717) is 11.3 Å². The van der Waals surface area contributed by atoms with E-state index in [0.717, 1.165) is 12.1 Å². The highest BCUT2D eigenvalue weighted by Crippen LogP contribution is 2.16. The van der Waals surface area contributed by atoms with Crippen LogP contribution in [0.25, 0.3) is 0 Å². The van der Waals surface area contributed by atoms with Gasteiger partial charge in [0.15, 0.2) is 12.4 Å². The number of benzene rings is 2. The molecule has 0 aromatic heterocycles. The number of ketones is 1. The molecule has 0 aliphatic rings. The number of halogens is 2. The van der Waals surface area contributed by atoms with Gasteiger partial charge in [-0.3, -0.25) is 9.59 Å². The maximum atomic E-state index is 13.6. The first-order valence-corrected chi connectivity index (χ1v) is 8.22. The Kier molecular flexibility index (Phi) is 6.46. The van der Waals surface area contributed by atoms with Crippen LogP contribution in [0, 0.1) is 11.7 Å². The second-order valence-electron chi connectivity index (χ2n) is 5.84. The lowest BCUT2D eigenvalue weighted by atomic mass is 10.1. The van der Waals surface area contributed by atoms with Gasteiger partial charge in [-0.15, -0.1) is 0 Å². The topological polar surface area (TPSA) is 72.5 Å². The molecule has 5 nitrogen and oxygen atoms in total. The lowest BCUT2D eigenvalue weighted by Crippen LogP contribution is -2.18. The maximum absolute atomic E-state index is 13.6. The molecule has 0 aliphatic carbocycles. The lowest BCUT2D eigenvalue weighted by molar-refractivity contribution is -0.118. The van der Waals surface area contributed by atoms with Crippen LogP contribution in [0.2, 0.25) is 5.02 Å². The fourth-order valence-corrected chi connectivity index (χ4v) is 2.14. The molecule has 136 valence electrons. The Bertz CT molecular complexity index is 834. The van der Waals surface area contributed by atoms with Crippen molar-refractivity contribution in [2.45, 2.75) is 13.8 Å². The van der Waals surface area contributed by atoms with Crippen LogP contribution in [0.3, 0.4) is 0 Å². The van der Waals surface area contributed by atoms with Crippen molar-refractivity contribution in [2.75, 3.05) is 11.9 Å². The fraction of sp³-hybridized carbons (Fsp3) is 0.211. The lowest BCUT2D eigenvalue weighted by Gasteiger charge is -2.09. The first-order chi connectivity index (χ1) is 12.3. The number of amides is 1. The summed E-state index contributed by atoms with van der Waals surface area (Å²) >= 11 is 5.72. The molecule has 0 spiro atoms. The average molecular weight is 378 g/mol. The summed E-state index contributed by atoms with van der Waals surface area (Å²) in [4.78, 5) is 35.6. The number of hydrogen-bond acceptors (Lipinski definition) is 4. The predicted molar refractivity (Wildman–Crippen MR) is 95.9 cm³/mol. The van der Waals surface area contributed by atoms with Crippen molar-refractivity contribution in [1.82, 2.24) is 0 Å². The number of carbonyl (C=O) groups excluding carboxylic acids is 3. The van der Waals surface area contributed by atoms with Crippen molar-refractivity contribution in [3.63, 3.8) is 0 Å². The van der Waals surface area contributed by atoms with Crippen LogP contribution in [-0.2, 0) is 9.53 Å². The van der Waals surface area contributed by atoms with Gasteiger partial charge in [-0.1, -0.05) is 25.4 Å². The van der Waals surface area contributed by atoms with Crippen LogP contribution in [0.4, 0.5) is 10.1 Å². The van der Waals surface area contributed by atoms with Gasteiger partial charge in [0.1, 0.15) is 5.82 Å². The average Bonchev–Trinajstić information content (AvgIpc) is 2.61. The summed E-state index contributed by atoms with van der Waals surface area (Å²) in [6, 6.07) is 9.65. The molecule has 0 radical (unpaired) electrons. The van der Waals surface area contributed by atoms with Crippen LogP contribution in [0.15, 0.2) is 42.5 Å². The third-order valence-electron chi connectivity index (χ3n) is 3.48. The van der Waals surface area contributed by atoms with Crippen LogP contribution in [-0.4, -0.2) is 24.3 Å². The van der Waals surface area contributed by atoms with E-state index in [1.165, 1.54) is 18.2 Å². The molecular formula is C19H17ClFNO4. The Morgan fingerprint density at radius 3 is 2.38 bits per heavy atom. The zero-order chi connectivity index (χ0) is 19.3. The normalized spacial score (nSPS) is 10.5. The van der Waals surface area contributed by atoms with Crippen LogP contribution < -0.4 is 5.32 Å². The number of nitrogens with one attached hydrogen (secondary N) is 1. The molecule has 2 aromatic rings. The van der Waals surface area contributed by atoms with Crippen molar-refractivity contribution >= 4 is 34.9 Å². The van der Waals surface area contributed by atoms with Gasteiger partial charge < -0.3 is 10.1 Å². The van der Waals surface area contributed by atoms with Gasteiger partial charge >= 0.3 is 5.97 Å². The number of ether oxygens (including phenoxy) is 1. The van der Waals surface area contributed by atoms with Crippen molar-refractivity contribution in [3.05, 3.63) is 64.4 Å². The van der Waals surface area contributed by atoms with Crippen LogP contribution >= 0.6 is 11.6 Å². The van der Waals surface area contributed by atoms with Crippen molar-refractivity contribution in [3.8, 4) is 0 Å². The molecule has 2 rings (SSSR count). The summed E-state index contributed by atoms with van der Waals surface area (Å²) in [6.45, 7) is 3.00. The molecule has 2 aromatic carbocycles. The van der Waals surface area contributed by atoms with E-state index in [4.69, 9.17) is 16.3 Å². The molecule has 0 unspecified atom stereocenters. The molecule has 0 saturated carbocycles. The first-order valence-electron chi connectivity index (χ1n) is 7.84. The standard InChI is InChI=1S/C19H17ClFNO4/c1-11(2)18(24)22-14-6-3-12(4-7-14)17(23)10-26-19(25)15-9-13(20)5-8-16(15)21/h3-9,11H,10H2,1-2H3,(H,22,24). The maximum Gasteiger partial charge on any atom is 0.341 e. The SMILES string of the molecule is CC(C)C(=O)Nc1ccc(C(=O)COC(=O)c2cc(Cl)ccc2F)cc1. The Morgan fingerprint density at radius 1 is 1.12 bits per heavy atom. The van der Waals surface area contributed by atoms with E-state index in [1.807, 2.05) is 0 Å². The van der Waals surface area contributed by atoms with Gasteiger partial charge in [0.05, 0.1) is 5.56 Å². The van der Waals surface area contributed by atoms with E-state index < -0.39 is 24.2 Å². The number of Topliss-reactive ketones (excluding diaryl/α,β-unsaturated/α-hetero) is 1. The molecule has 0 aliphatic heterocycles. The smallest absolute Gasteiger partial charge is 0.341 e. The third kappa shape index (κ3) is 5.13. The minimum absolute atomic E-state index is 0.137. The Morgan fingerprint density at radius 2 is 1.77 bits per heavy atom. The minimum Gasteiger partial charge on any atom is -0.454 e. The van der Waals surface area contributed by atoms with E-state index in [9.17, 15) is 18.8 Å². The highest BCUT2D eigenvalue weighted by Gasteiger charge is 2.16. The summed E-state index contributed by atoms with van der Waals surface area (Å²) in [7, 11) is 0. The van der Waals surface area contributed by atoms with Gasteiger partial charge in [0.25, 0.3) is 0 Å². The molecule has 26 heavy (non-hydrogen) atoms. The van der Waals surface area contributed by atoms with Crippen molar-refractivity contribution in [1.29, 1.82) is 0 Å². The summed E-state index contributed by atoms with van der Waals surface area (Å²) in [5.74, 6) is -2.51. The molecule has 1 N–H and O–H groups in total. The Labute approximate surface area is 155 Å². The van der Waals surface area contributed by atoms with E-state index in [-0.39, 0.29) is 22.4 Å². The molecule has 0 atom stereocenters. The van der Waals surface area contributed by atoms with Gasteiger partial charge in [-0.2, -0.15) is 0 Å². The zero-order valence-corrected chi connectivity index (χ0v) is 15.0. The van der Waals surface area contributed by atoms with E-state index >= 15 is 0 Å². The quantitative estimate of drug-likeness (QED) is 0.607.